The second kappa shape index (κ2) is 24.3. The minimum absolute atomic E-state index is 1.05. The largest absolute Gasteiger partial charge is 0.424 e. The first-order valence-electron chi connectivity index (χ1n) is 26.7. The van der Waals surface area contributed by atoms with E-state index in [9.17, 15) is 0 Å². The molecule has 12 rings (SSSR count). The van der Waals surface area contributed by atoms with Gasteiger partial charge in [-0.1, -0.05) is 267 Å². The van der Waals surface area contributed by atoms with Gasteiger partial charge in [-0.05, 0) is 97.1 Å². The van der Waals surface area contributed by atoms with Crippen LogP contribution in [0.2, 0.25) is 0 Å². The van der Waals surface area contributed by atoms with E-state index in [1.54, 1.807) is 0 Å². The maximum absolute atomic E-state index is 3.38. The quantitative estimate of drug-likeness (QED) is 0.0706. The summed E-state index contributed by atoms with van der Waals surface area (Å²) in [6.07, 6.45) is -1.22. The fourth-order valence-corrected chi connectivity index (χ4v) is 15.7. The fourth-order valence-electron chi connectivity index (χ4n) is 11.0. The summed E-state index contributed by atoms with van der Waals surface area (Å²) in [7, 11) is -3.38. The average Bonchev–Trinajstić information content (AvgIpc) is 3.62. The van der Waals surface area contributed by atoms with Crippen molar-refractivity contribution in [3.8, 4) is 0 Å². The van der Waals surface area contributed by atoms with E-state index < -0.39 is 14.0 Å². The van der Waals surface area contributed by atoms with Gasteiger partial charge < -0.3 is 0 Å². The summed E-state index contributed by atoms with van der Waals surface area (Å²) in [5.74, 6) is 0. The number of anilines is 8. The van der Waals surface area contributed by atoms with Crippen molar-refractivity contribution in [2.45, 2.75) is 0 Å². The number of hydrogen-bond acceptors (Lipinski definition) is 4. The SMILES string of the molecule is c1ccc(N(c2ccccc2)[P+](N(c2ccccc2)c2ccccc2)(N(c2ccccc2)c2ccccc2)N(c2ccccc2)c2ccccc2)cc1.c1ccc([B-](c2ccccc2)(c2ccccc2)c2ccccc2)cc1. The Morgan fingerprint density at radius 3 is 0.397 bits per heavy atom. The van der Waals surface area contributed by atoms with Gasteiger partial charge in [-0.15, -0.1) is 0 Å². The second-order valence-electron chi connectivity index (χ2n) is 19.0. The van der Waals surface area contributed by atoms with Gasteiger partial charge in [-0.3, -0.25) is 0 Å². The summed E-state index contributed by atoms with van der Waals surface area (Å²) in [5.41, 5.74) is 13.8. The first kappa shape index (κ1) is 50.5. The highest BCUT2D eigenvalue weighted by atomic mass is 31.2. The van der Waals surface area contributed by atoms with Crippen LogP contribution in [0.4, 0.5) is 45.5 Å². The van der Waals surface area contributed by atoms with Crippen LogP contribution in [-0.4, -0.2) is 6.15 Å². The molecule has 78 heavy (non-hydrogen) atoms. The summed E-state index contributed by atoms with van der Waals surface area (Å²) in [4.78, 5) is 0. The van der Waals surface area contributed by atoms with Crippen LogP contribution in [0.5, 0.6) is 0 Å². The van der Waals surface area contributed by atoms with Crippen LogP contribution in [0.25, 0.3) is 0 Å². The van der Waals surface area contributed by atoms with E-state index in [0.717, 1.165) is 45.5 Å². The van der Waals surface area contributed by atoms with Crippen LogP contribution in [0.3, 0.4) is 0 Å². The topological polar surface area (TPSA) is 13.0 Å². The zero-order valence-corrected chi connectivity index (χ0v) is 44.3. The molecule has 6 heteroatoms. The molecule has 0 unspecified atom stereocenters. The first-order chi connectivity index (χ1) is 38.8. The third-order valence-electron chi connectivity index (χ3n) is 14.3. The van der Waals surface area contributed by atoms with Crippen molar-refractivity contribution < 1.29 is 0 Å². The van der Waals surface area contributed by atoms with Gasteiger partial charge >= 0.3 is 7.87 Å². The first-order valence-corrected chi connectivity index (χ1v) is 28.3. The Bertz CT molecular complexity index is 3000. The number of para-hydroxylation sites is 8. The van der Waals surface area contributed by atoms with E-state index in [-0.39, 0.29) is 0 Å². The molecule has 0 bridgehead atoms. The van der Waals surface area contributed by atoms with Crippen molar-refractivity contribution in [1.29, 1.82) is 0 Å². The Labute approximate surface area is 461 Å². The van der Waals surface area contributed by atoms with E-state index in [0.29, 0.717) is 0 Å². The molecule has 0 atom stereocenters. The number of hydrogen-bond donors (Lipinski definition) is 0. The van der Waals surface area contributed by atoms with Gasteiger partial charge in [0.25, 0.3) is 0 Å². The molecule has 0 aliphatic rings. The predicted octanol–water partition coefficient (Wildman–Crippen LogP) is 17.1. The highest BCUT2D eigenvalue weighted by Gasteiger charge is 2.66. The van der Waals surface area contributed by atoms with Gasteiger partial charge in [-0.2, -0.15) is 40.5 Å². The van der Waals surface area contributed by atoms with Crippen LogP contribution >= 0.6 is 7.87 Å². The second-order valence-corrected chi connectivity index (χ2v) is 21.7. The lowest BCUT2D eigenvalue weighted by molar-refractivity contribution is 1.18. The molecule has 0 aromatic heterocycles. The van der Waals surface area contributed by atoms with Crippen LogP contribution in [-0.2, 0) is 0 Å². The van der Waals surface area contributed by atoms with Crippen LogP contribution in [0, 0.1) is 0 Å². The molecule has 376 valence electrons. The molecular weight excluding hydrogens is 963 g/mol. The standard InChI is InChI=1S/C48H40N4P.C24H20B/c1-9-25-41(26-10-1)49(42-27-11-2-12-28-42)53(50(43-29-13-3-14-30-43)44-31-15-4-16-32-44,51(45-33-17-5-18-34-45)46-35-19-6-20-36-46)52(47-37-21-7-22-38-47)48-39-23-8-24-40-48;1-5-13-21(14-6-1)25(22-15-7-2-8-16-22,23-17-9-3-10-18-23)24-19-11-4-12-20-24/h1-40H;1-20H/q+1;-1. The van der Waals surface area contributed by atoms with Gasteiger partial charge in [-0.25, -0.2) is 0 Å². The molecular formula is C72H60BN4P. The molecule has 0 radical (unpaired) electrons. The molecule has 0 spiro atoms. The van der Waals surface area contributed by atoms with Crippen LogP contribution < -0.4 is 40.5 Å². The Kier molecular flexibility index (Phi) is 15.8. The summed E-state index contributed by atoms with van der Waals surface area (Å²) in [6, 6.07) is 130. The molecule has 4 nitrogen and oxygen atoms in total. The minimum atomic E-state index is -3.38. The zero-order valence-electron chi connectivity index (χ0n) is 43.5. The van der Waals surface area contributed by atoms with E-state index in [1.165, 1.54) is 21.9 Å². The third-order valence-corrected chi connectivity index (χ3v) is 18.3. The Morgan fingerprint density at radius 2 is 0.269 bits per heavy atom. The summed E-state index contributed by atoms with van der Waals surface area (Å²) in [5, 5.41) is 0. The molecule has 0 N–H and O–H groups in total. The monoisotopic (exact) mass is 1020 g/mol. The van der Waals surface area contributed by atoms with Gasteiger partial charge in [0.15, 0.2) is 0 Å². The lowest BCUT2D eigenvalue weighted by atomic mass is 9.13. The molecule has 12 aromatic rings. The summed E-state index contributed by atoms with van der Waals surface area (Å²) in [6.45, 7) is 0. The van der Waals surface area contributed by atoms with Gasteiger partial charge in [0.2, 0.25) is 0 Å². The molecule has 0 aliphatic carbocycles. The lowest BCUT2D eigenvalue weighted by Crippen LogP contribution is -2.74. The lowest BCUT2D eigenvalue weighted by Gasteiger charge is -2.52. The van der Waals surface area contributed by atoms with Crippen molar-refractivity contribution in [3.05, 3.63) is 364 Å². The van der Waals surface area contributed by atoms with Crippen LogP contribution in [0.15, 0.2) is 364 Å². The summed E-state index contributed by atoms with van der Waals surface area (Å²) >= 11 is 0. The molecule has 0 fully saturated rings. The van der Waals surface area contributed by atoms with Crippen molar-refractivity contribution in [2.24, 2.45) is 0 Å². The fraction of sp³-hybridized carbons (Fsp3) is 0. The number of benzene rings is 12. The van der Waals surface area contributed by atoms with E-state index in [4.69, 9.17) is 0 Å². The van der Waals surface area contributed by atoms with Crippen molar-refractivity contribution in [1.82, 2.24) is 0 Å². The van der Waals surface area contributed by atoms with Crippen molar-refractivity contribution in [2.75, 3.05) is 18.7 Å². The molecule has 12 aromatic carbocycles. The Hall–Kier alpha value is -9.67. The van der Waals surface area contributed by atoms with Gasteiger partial charge in [0.1, 0.15) is 6.15 Å². The maximum Gasteiger partial charge on any atom is 0.424 e. The molecule has 0 saturated carbocycles. The highest BCUT2D eigenvalue weighted by Crippen LogP contribution is 2.80. The molecule has 0 amide bonds. The Balaban J connectivity index is 0.000000215. The van der Waals surface area contributed by atoms with E-state index in [2.05, 4.69) is 383 Å². The molecule has 0 heterocycles. The molecule has 0 saturated heterocycles. The summed E-state index contributed by atoms with van der Waals surface area (Å²) < 4.78 is 10.4. The van der Waals surface area contributed by atoms with Crippen molar-refractivity contribution in [3.63, 3.8) is 0 Å². The Morgan fingerprint density at radius 1 is 0.154 bits per heavy atom. The smallest absolute Gasteiger partial charge is 0.195 e. The van der Waals surface area contributed by atoms with Gasteiger partial charge in [0, 0.05) is 0 Å². The van der Waals surface area contributed by atoms with E-state index in [1.807, 2.05) is 0 Å². The highest BCUT2D eigenvalue weighted by molar-refractivity contribution is 7.83. The third kappa shape index (κ3) is 10.2. The van der Waals surface area contributed by atoms with E-state index >= 15 is 0 Å². The van der Waals surface area contributed by atoms with Crippen LogP contribution in [0.1, 0.15) is 0 Å². The average molecular weight is 1020 g/mol. The maximum atomic E-state index is 2.59. The predicted molar refractivity (Wildman–Crippen MR) is 337 cm³/mol. The van der Waals surface area contributed by atoms with Gasteiger partial charge in [0.05, 0.1) is 45.5 Å². The molecule has 0 aliphatic heterocycles. The number of nitrogens with zero attached hydrogens (tertiary/aromatic N) is 4. The zero-order chi connectivity index (χ0) is 52.7. The number of rotatable bonds is 16. The van der Waals surface area contributed by atoms with Crippen molar-refractivity contribution >= 4 is 81.4 Å². The minimum Gasteiger partial charge on any atom is -0.195 e. The normalized spacial score (nSPS) is 11.1.